The van der Waals surface area contributed by atoms with Gasteiger partial charge in [0.1, 0.15) is 5.01 Å². The summed E-state index contributed by atoms with van der Waals surface area (Å²) in [5.74, 6) is 0. The molecule has 2 rings (SSSR count). The zero-order valence-corrected chi connectivity index (χ0v) is 9.40. The van der Waals surface area contributed by atoms with Crippen LogP contribution in [0.25, 0.3) is 5.57 Å². The minimum absolute atomic E-state index is 0.779. The predicted molar refractivity (Wildman–Crippen MR) is 62.5 cm³/mol. The molecule has 72 valence electrons. The third-order valence-corrected chi connectivity index (χ3v) is 3.23. The number of nitrogens with zero attached hydrogens (tertiary/aromatic N) is 1. The van der Waals surface area contributed by atoms with Gasteiger partial charge in [-0.15, -0.1) is 11.3 Å². The number of thiazole rings is 1. The summed E-state index contributed by atoms with van der Waals surface area (Å²) in [6, 6.07) is 0. The van der Waals surface area contributed by atoms with E-state index in [0.717, 1.165) is 22.2 Å². The van der Waals surface area contributed by atoms with E-state index >= 15 is 0 Å². The maximum atomic E-state index is 6.02. The second kappa shape index (κ2) is 4.11. The van der Waals surface area contributed by atoms with Gasteiger partial charge in [-0.2, -0.15) is 0 Å². The molecular formula is C11H10ClNS. The van der Waals surface area contributed by atoms with Crippen LogP contribution in [0.2, 0.25) is 0 Å². The first-order chi connectivity index (χ1) is 6.75. The van der Waals surface area contributed by atoms with Gasteiger partial charge in [0, 0.05) is 22.5 Å². The molecule has 0 unspecified atom stereocenters. The van der Waals surface area contributed by atoms with Crippen molar-refractivity contribution in [3.8, 4) is 0 Å². The first-order valence-electron chi connectivity index (χ1n) is 4.40. The van der Waals surface area contributed by atoms with E-state index in [-0.39, 0.29) is 0 Å². The topological polar surface area (TPSA) is 12.9 Å². The van der Waals surface area contributed by atoms with Crippen LogP contribution in [0, 0.1) is 6.92 Å². The van der Waals surface area contributed by atoms with Crippen LogP contribution in [-0.4, -0.2) is 4.98 Å². The summed E-state index contributed by atoms with van der Waals surface area (Å²) in [4.78, 5) is 4.44. The Balaban J connectivity index is 2.31. The Morgan fingerprint density at radius 3 is 2.86 bits per heavy atom. The number of rotatable bonds is 1. The molecule has 0 atom stereocenters. The van der Waals surface area contributed by atoms with Crippen molar-refractivity contribution in [3.63, 3.8) is 0 Å². The second-order valence-electron chi connectivity index (χ2n) is 3.16. The van der Waals surface area contributed by atoms with E-state index in [1.54, 1.807) is 11.3 Å². The maximum absolute atomic E-state index is 6.02. The van der Waals surface area contributed by atoms with E-state index in [1.165, 1.54) is 5.57 Å². The Hall–Kier alpha value is -0.860. The number of hydrogen-bond donors (Lipinski definition) is 0. The van der Waals surface area contributed by atoms with Crippen LogP contribution < -0.4 is 0 Å². The van der Waals surface area contributed by atoms with E-state index < -0.39 is 0 Å². The third kappa shape index (κ3) is 2.14. The van der Waals surface area contributed by atoms with Gasteiger partial charge in [0.15, 0.2) is 0 Å². The fourth-order valence-corrected chi connectivity index (χ4v) is 2.32. The van der Waals surface area contributed by atoms with Crippen LogP contribution in [0.5, 0.6) is 0 Å². The summed E-state index contributed by atoms with van der Waals surface area (Å²) in [5, 5.41) is 3.99. The summed E-state index contributed by atoms with van der Waals surface area (Å²) < 4.78 is 0. The summed E-state index contributed by atoms with van der Waals surface area (Å²) in [7, 11) is 0. The van der Waals surface area contributed by atoms with E-state index in [0.29, 0.717) is 0 Å². The Bertz CT molecular complexity index is 426. The van der Waals surface area contributed by atoms with E-state index in [4.69, 9.17) is 11.6 Å². The lowest BCUT2D eigenvalue weighted by Crippen LogP contribution is -1.83. The van der Waals surface area contributed by atoms with Gasteiger partial charge in [-0.1, -0.05) is 29.8 Å². The van der Waals surface area contributed by atoms with Crippen LogP contribution >= 0.6 is 22.9 Å². The number of halogens is 1. The van der Waals surface area contributed by atoms with Crippen molar-refractivity contribution in [3.05, 3.63) is 45.4 Å². The molecule has 1 heterocycles. The highest BCUT2D eigenvalue weighted by Gasteiger charge is 2.08. The molecule has 1 aliphatic rings. The number of hydrogen-bond acceptors (Lipinski definition) is 2. The first-order valence-corrected chi connectivity index (χ1v) is 5.66. The van der Waals surface area contributed by atoms with Crippen molar-refractivity contribution in [2.45, 2.75) is 13.3 Å². The van der Waals surface area contributed by atoms with Crippen molar-refractivity contribution in [2.75, 3.05) is 0 Å². The van der Waals surface area contributed by atoms with Crippen molar-refractivity contribution >= 4 is 28.5 Å². The van der Waals surface area contributed by atoms with Gasteiger partial charge in [0.25, 0.3) is 0 Å². The largest absolute Gasteiger partial charge is 0.242 e. The zero-order valence-electron chi connectivity index (χ0n) is 7.83. The lowest BCUT2D eigenvalue weighted by atomic mass is 10.2. The smallest absolute Gasteiger partial charge is 0.119 e. The molecule has 1 aromatic heterocycles. The van der Waals surface area contributed by atoms with Gasteiger partial charge >= 0.3 is 0 Å². The van der Waals surface area contributed by atoms with E-state index in [2.05, 4.69) is 16.4 Å². The van der Waals surface area contributed by atoms with Crippen LogP contribution in [0.15, 0.2) is 34.7 Å². The van der Waals surface area contributed by atoms with Crippen LogP contribution in [0.1, 0.15) is 17.1 Å². The predicted octanol–water partition coefficient (Wildman–Crippen LogP) is 3.92. The van der Waals surface area contributed by atoms with Gasteiger partial charge in [-0.05, 0) is 18.6 Å². The monoisotopic (exact) mass is 223 g/mol. The Morgan fingerprint density at radius 2 is 2.14 bits per heavy atom. The zero-order chi connectivity index (χ0) is 9.97. The Labute approximate surface area is 92.4 Å². The molecule has 0 aromatic carbocycles. The fraction of sp³-hybridized carbons (Fsp3) is 0.182. The third-order valence-electron chi connectivity index (χ3n) is 1.94. The Kier molecular flexibility index (Phi) is 2.85. The summed E-state index contributed by atoms with van der Waals surface area (Å²) in [5.41, 5.74) is 2.26. The van der Waals surface area contributed by atoms with Gasteiger partial charge < -0.3 is 0 Å². The molecule has 1 nitrogen and oxygen atoms in total. The number of aryl methyl sites for hydroxylation is 1. The molecule has 0 fully saturated rings. The maximum Gasteiger partial charge on any atom is 0.119 e. The highest BCUT2D eigenvalue weighted by atomic mass is 35.5. The van der Waals surface area contributed by atoms with E-state index in [9.17, 15) is 0 Å². The fourth-order valence-electron chi connectivity index (χ4n) is 1.28. The number of allylic oxidation sites excluding steroid dienone is 6. The summed E-state index contributed by atoms with van der Waals surface area (Å²) >= 11 is 7.69. The first kappa shape index (κ1) is 9.69. The van der Waals surface area contributed by atoms with Gasteiger partial charge in [0.2, 0.25) is 0 Å². The average Bonchev–Trinajstić information content (AvgIpc) is 2.45. The molecule has 0 bridgehead atoms. The molecule has 0 N–H and O–H groups in total. The second-order valence-corrected chi connectivity index (χ2v) is 4.50. The minimum atomic E-state index is 0.779. The van der Waals surface area contributed by atoms with Crippen molar-refractivity contribution in [2.24, 2.45) is 0 Å². The van der Waals surface area contributed by atoms with Gasteiger partial charge in [0.05, 0.1) is 0 Å². The number of aromatic nitrogens is 1. The van der Waals surface area contributed by atoms with Gasteiger partial charge in [-0.25, -0.2) is 4.98 Å². The molecular weight excluding hydrogens is 214 g/mol. The SMILES string of the molecule is Cc1csc(C2=CC=CC=C(Cl)C2)n1. The van der Waals surface area contributed by atoms with Crippen molar-refractivity contribution in [1.29, 1.82) is 0 Å². The van der Waals surface area contributed by atoms with Crippen molar-refractivity contribution in [1.82, 2.24) is 4.98 Å². The quantitative estimate of drug-likeness (QED) is 0.703. The summed E-state index contributed by atoms with van der Waals surface area (Å²) in [6.07, 6.45) is 8.73. The molecule has 14 heavy (non-hydrogen) atoms. The minimum Gasteiger partial charge on any atom is -0.242 e. The molecule has 0 amide bonds. The highest BCUT2D eigenvalue weighted by Crippen LogP contribution is 2.28. The summed E-state index contributed by atoms with van der Waals surface area (Å²) in [6.45, 7) is 2.00. The molecule has 0 saturated heterocycles. The normalized spacial score (nSPS) is 16.1. The highest BCUT2D eigenvalue weighted by molar-refractivity contribution is 7.10. The molecule has 0 saturated carbocycles. The van der Waals surface area contributed by atoms with Crippen molar-refractivity contribution < 1.29 is 0 Å². The van der Waals surface area contributed by atoms with Crippen LogP contribution in [0.3, 0.4) is 0 Å². The molecule has 1 aliphatic carbocycles. The van der Waals surface area contributed by atoms with Gasteiger partial charge in [-0.3, -0.25) is 0 Å². The molecule has 0 radical (unpaired) electrons. The Morgan fingerprint density at radius 1 is 1.36 bits per heavy atom. The molecule has 0 spiro atoms. The lowest BCUT2D eigenvalue weighted by Gasteiger charge is -2.00. The lowest BCUT2D eigenvalue weighted by molar-refractivity contribution is 1.22. The molecule has 0 aliphatic heterocycles. The molecule has 3 heteroatoms. The standard InChI is InChI=1S/C11H10ClNS/c1-8-7-14-11(13-8)9-4-2-3-5-10(12)6-9/h2-5,7H,6H2,1H3. The average molecular weight is 224 g/mol. The molecule has 1 aromatic rings. The van der Waals surface area contributed by atoms with E-state index in [1.807, 2.05) is 25.2 Å². The van der Waals surface area contributed by atoms with Crippen LogP contribution in [0.4, 0.5) is 0 Å². The van der Waals surface area contributed by atoms with Crippen LogP contribution in [-0.2, 0) is 0 Å².